The Morgan fingerprint density at radius 2 is 1.92 bits per heavy atom. The Hall–Kier alpha value is -2.60. The lowest BCUT2D eigenvalue weighted by atomic mass is 10.1. The second kappa shape index (κ2) is 5.21. The molecule has 1 N–H and O–H groups in total. The van der Waals surface area contributed by atoms with Crippen molar-refractivity contribution in [1.29, 1.82) is 0 Å². The summed E-state index contributed by atoms with van der Waals surface area (Å²) in [6, 6.07) is 12.2. The molecule has 0 atom stereocenters. The molecule has 1 aliphatic rings. The van der Waals surface area contributed by atoms with Gasteiger partial charge in [-0.2, -0.15) is 0 Å². The highest BCUT2D eigenvalue weighted by Crippen LogP contribution is 2.35. The van der Waals surface area contributed by atoms with Crippen LogP contribution in [0, 0.1) is 6.92 Å². The lowest BCUT2D eigenvalue weighted by molar-refractivity contribution is 0.593. The fourth-order valence-corrected chi connectivity index (χ4v) is 5.00. The molecule has 0 amide bonds. The summed E-state index contributed by atoms with van der Waals surface area (Å²) in [5.74, 6) is 0. The summed E-state index contributed by atoms with van der Waals surface area (Å²) in [5.41, 5.74) is 2.59. The number of H-pyrrole nitrogens is 1. The van der Waals surface area contributed by atoms with Gasteiger partial charge in [-0.1, -0.05) is 23.8 Å². The van der Waals surface area contributed by atoms with E-state index in [-0.39, 0.29) is 10.5 Å². The van der Waals surface area contributed by atoms with Crippen LogP contribution in [0.2, 0.25) is 0 Å². The molecule has 122 valence electrons. The molecule has 0 saturated carbocycles. The van der Waals surface area contributed by atoms with Gasteiger partial charge in [-0.25, -0.2) is 8.42 Å². The molecular formula is C18H16N2O3S. The van der Waals surface area contributed by atoms with Crippen LogP contribution in [0.25, 0.3) is 10.8 Å². The summed E-state index contributed by atoms with van der Waals surface area (Å²) in [5, 5.41) is 0.823. The average Bonchev–Trinajstić information content (AvgIpc) is 2.98. The molecule has 0 radical (unpaired) electrons. The number of benzene rings is 2. The van der Waals surface area contributed by atoms with E-state index in [4.69, 9.17) is 0 Å². The number of aryl methyl sites for hydroxylation is 1. The average molecular weight is 340 g/mol. The van der Waals surface area contributed by atoms with Crippen molar-refractivity contribution in [2.24, 2.45) is 0 Å². The van der Waals surface area contributed by atoms with E-state index in [0.717, 1.165) is 16.8 Å². The number of aromatic amines is 1. The summed E-state index contributed by atoms with van der Waals surface area (Å²) < 4.78 is 27.9. The van der Waals surface area contributed by atoms with E-state index in [0.29, 0.717) is 23.7 Å². The number of nitrogens with zero attached hydrogens (tertiary/aromatic N) is 1. The van der Waals surface area contributed by atoms with Gasteiger partial charge in [0, 0.05) is 23.5 Å². The van der Waals surface area contributed by atoms with Crippen molar-refractivity contribution in [3.8, 4) is 0 Å². The van der Waals surface area contributed by atoms with E-state index in [1.54, 1.807) is 24.3 Å². The fraction of sp³-hybridized carbons (Fsp3) is 0.167. The minimum Gasteiger partial charge on any atom is -0.329 e. The molecule has 0 aliphatic carbocycles. The van der Waals surface area contributed by atoms with E-state index in [2.05, 4.69) is 4.98 Å². The van der Waals surface area contributed by atoms with Gasteiger partial charge < -0.3 is 4.98 Å². The second-order valence-electron chi connectivity index (χ2n) is 5.98. The Morgan fingerprint density at radius 3 is 2.75 bits per heavy atom. The molecule has 5 nitrogen and oxygen atoms in total. The zero-order chi connectivity index (χ0) is 16.9. The molecule has 4 rings (SSSR count). The molecule has 0 fully saturated rings. The van der Waals surface area contributed by atoms with E-state index in [1.807, 2.05) is 25.1 Å². The van der Waals surface area contributed by atoms with Crippen LogP contribution in [0.4, 0.5) is 5.69 Å². The standard InChI is InChI=1S/C18H16N2O3S/c1-12-5-6-16-13(11-12)8-10-20(16)24(22,23)17-4-2-3-15-14(17)7-9-19-18(15)21/h2-7,9,11H,8,10H2,1H3,(H,19,21). The molecule has 1 aromatic heterocycles. The molecule has 0 saturated heterocycles. The number of hydrogen-bond acceptors (Lipinski definition) is 3. The van der Waals surface area contributed by atoms with Gasteiger partial charge in [0.15, 0.2) is 0 Å². The van der Waals surface area contributed by atoms with Crippen LogP contribution in [0.1, 0.15) is 11.1 Å². The number of pyridine rings is 1. The number of anilines is 1. The first-order chi connectivity index (χ1) is 11.5. The number of hydrogen-bond donors (Lipinski definition) is 1. The predicted molar refractivity (Wildman–Crippen MR) is 94.0 cm³/mol. The Labute approximate surface area is 139 Å². The third-order valence-corrected chi connectivity index (χ3v) is 6.30. The third-order valence-electron chi connectivity index (χ3n) is 4.43. The first-order valence-electron chi connectivity index (χ1n) is 7.71. The largest absolute Gasteiger partial charge is 0.329 e. The topological polar surface area (TPSA) is 70.2 Å². The summed E-state index contributed by atoms with van der Waals surface area (Å²) in [6.07, 6.45) is 2.17. The van der Waals surface area contributed by atoms with Crippen LogP contribution < -0.4 is 9.86 Å². The molecule has 2 aromatic carbocycles. The third kappa shape index (κ3) is 2.14. The van der Waals surface area contributed by atoms with Gasteiger partial charge in [0.25, 0.3) is 15.6 Å². The monoisotopic (exact) mass is 340 g/mol. The van der Waals surface area contributed by atoms with Gasteiger partial charge in [-0.3, -0.25) is 9.10 Å². The molecule has 3 aromatic rings. The highest BCUT2D eigenvalue weighted by atomic mass is 32.2. The molecule has 1 aliphatic heterocycles. The van der Waals surface area contributed by atoms with E-state index < -0.39 is 10.0 Å². The van der Waals surface area contributed by atoms with Crippen molar-refractivity contribution in [2.75, 3.05) is 10.8 Å². The molecule has 0 bridgehead atoms. The Bertz CT molecular complexity index is 1120. The maximum Gasteiger partial charge on any atom is 0.264 e. The summed E-state index contributed by atoms with van der Waals surface area (Å²) in [6.45, 7) is 2.41. The van der Waals surface area contributed by atoms with Gasteiger partial charge in [0.1, 0.15) is 0 Å². The van der Waals surface area contributed by atoms with Crippen molar-refractivity contribution >= 4 is 26.5 Å². The van der Waals surface area contributed by atoms with Crippen LogP contribution in [0.5, 0.6) is 0 Å². The smallest absolute Gasteiger partial charge is 0.264 e. The van der Waals surface area contributed by atoms with Gasteiger partial charge in [0.05, 0.1) is 10.6 Å². The predicted octanol–water partition coefficient (Wildman–Crippen LogP) is 2.59. The summed E-state index contributed by atoms with van der Waals surface area (Å²) >= 11 is 0. The Morgan fingerprint density at radius 1 is 1.08 bits per heavy atom. The van der Waals surface area contributed by atoms with Gasteiger partial charge in [-0.15, -0.1) is 0 Å². The van der Waals surface area contributed by atoms with Crippen LogP contribution in [-0.4, -0.2) is 19.9 Å². The first kappa shape index (κ1) is 15.0. The number of rotatable bonds is 2. The lowest BCUT2D eigenvalue weighted by Gasteiger charge is -2.20. The molecule has 2 heterocycles. The van der Waals surface area contributed by atoms with Crippen LogP contribution >= 0.6 is 0 Å². The molecule has 0 spiro atoms. The zero-order valence-corrected chi connectivity index (χ0v) is 13.9. The Kier molecular flexibility index (Phi) is 3.25. The van der Waals surface area contributed by atoms with E-state index >= 15 is 0 Å². The van der Waals surface area contributed by atoms with Gasteiger partial charge in [0.2, 0.25) is 0 Å². The van der Waals surface area contributed by atoms with Crippen molar-refractivity contribution in [2.45, 2.75) is 18.2 Å². The number of nitrogens with one attached hydrogen (secondary N) is 1. The molecule has 6 heteroatoms. The minimum absolute atomic E-state index is 0.166. The number of sulfonamides is 1. The minimum atomic E-state index is -3.73. The quantitative estimate of drug-likeness (QED) is 0.779. The van der Waals surface area contributed by atoms with E-state index in [1.165, 1.54) is 10.5 Å². The van der Waals surface area contributed by atoms with Crippen molar-refractivity contribution in [1.82, 2.24) is 4.98 Å². The first-order valence-corrected chi connectivity index (χ1v) is 9.15. The van der Waals surface area contributed by atoms with E-state index in [9.17, 15) is 13.2 Å². The molecule has 24 heavy (non-hydrogen) atoms. The number of aromatic nitrogens is 1. The highest BCUT2D eigenvalue weighted by molar-refractivity contribution is 7.93. The maximum atomic E-state index is 13.2. The normalized spacial score (nSPS) is 14.1. The lowest BCUT2D eigenvalue weighted by Crippen LogP contribution is -2.29. The molecular weight excluding hydrogens is 324 g/mol. The van der Waals surface area contributed by atoms with Gasteiger partial charge in [-0.05, 0) is 43.2 Å². The summed E-state index contributed by atoms with van der Waals surface area (Å²) in [7, 11) is -3.73. The zero-order valence-electron chi connectivity index (χ0n) is 13.1. The SMILES string of the molecule is Cc1ccc2c(c1)CCN2S(=O)(=O)c1cccc2c(=O)[nH]ccc12. The van der Waals surface area contributed by atoms with Crippen molar-refractivity contribution < 1.29 is 8.42 Å². The van der Waals surface area contributed by atoms with Crippen LogP contribution in [-0.2, 0) is 16.4 Å². The second-order valence-corrected chi connectivity index (χ2v) is 7.81. The fourth-order valence-electron chi connectivity index (χ4n) is 3.29. The Balaban J connectivity index is 1.92. The molecule has 0 unspecified atom stereocenters. The maximum absolute atomic E-state index is 13.2. The summed E-state index contributed by atoms with van der Waals surface area (Å²) in [4.78, 5) is 14.7. The van der Waals surface area contributed by atoms with Crippen molar-refractivity contribution in [3.63, 3.8) is 0 Å². The van der Waals surface area contributed by atoms with Crippen molar-refractivity contribution in [3.05, 3.63) is 70.1 Å². The number of fused-ring (bicyclic) bond motifs is 2. The highest BCUT2D eigenvalue weighted by Gasteiger charge is 2.32. The van der Waals surface area contributed by atoms with Gasteiger partial charge >= 0.3 is 0 Å². The van der Waals surface area contributed by atoms with Crippen LogP contribution in [0.3, 0.4) is 0 Å². The van der Waals surface area contributed by atoms with Crippen LogP contribution in [0.15, 0.2) is 58.4 Å².